The number of benzene rings is 9. The van der Waals surface area contributed by atoms with Gasteiger partial charge in [-0.3, -0.25) is 0 Å². The summed E-state index contributed by atoms with van der Waals surface area (Å²) in [5.74, 6) is 3.52. The number of nitriles is 1. The number of nitrogens with zero attached hydrogens (tertiary/aromatic N) is 4. The van der Waals surface area contributed by atoms with Crippen molar-refractivity contribution in [2.75, 3.05) is 0 Å². The third kappa shape index (κ3) is 5.37. The van der Waals surface area contributed by atoms with Crippen molar-refractivity contribution >= 4 is 10.8 Å². The Morgan fingerprint density at radius 2 is 0.887 bits per heavy atom. The van der Waals surface area contributed by atoms with E-state index in [0.29, 0.717) is 23.0 Å². The average molecular weight is 791 g/mol. The second kappa shape index (κ2) is 14.1. The molecule has 5 nitrogen and oxygen atoms in total. The normalized spacial score (nSPS) is 12.8. The maximum absolute atomic E-state index is 9.51. The zero-order valence-electron chi connectivity index (χ0n) is 33.3. The Balaban J connectivity index is 1.15. The lowest BCUT2D eigenvalue weighted by Crippen LogP contribution is -2.32. The topological polar surface area (TPSA) is 71.7 Å². The van der Waals surface area contributed by atoms with E-state index in [4.69, 9.17) is 19.7 Å². The van der Waals surface area contributed by atoms with E-state index in [1.165, 1.54) is 11.1 Å². The van der Waals surface area contributed by atoms with E-state index in [2.05, 4.69) is 115 Å². The molecule has 2 aliphatic rings. The first-order valence-corrected chi connectivity index (χ1v) is 20.7. The summed E-state index contributed by atoms with van der Waals surface area (Å²) in [6.07, 6.45) is 0. The summed E-state index contributed by atoms with van der Waals surface area (Å²) >= 11 is 0. The molecule has 2 heterocycles. The molecule has 0 saturated carbocycles. The smallest absolute Gasteiger partial charge is 0.164 e. The van der Waals surface area contributed by atoms with Crippen LogP contribution in [-0.2, 0) is 5.41 Å². The molecule has 1 aromatic heterocycles. The maximum Gasteiger partial charge on any atom is 0.164 e. The van der Waals surface area contributed by atoms with Crippen molar-refractivity contribution in [1.82, 2.24) is 15.0 Å². The first-order valence-electron chi connectivity index (χ1n) is 20.7. The van der Waals surface area contributed by atoms with Gasteiger partial charge in [-0.05, 0) is 85.6 Å². The Labute approximate surface area is 358 Å². The SMILES string of the molecule is N#Cc1ccc(-c2ccc(-c3cccc4c3-c3cc(-c5nc(-c6ccccc6)nc(-c6ccccc6)n5)ccc3C43c4ccccc4Oc4ccccc43)c3ccccc23)cc1. The summed E-state index contributed by atoms with van der Waals surface area (Å²) in [7, 11) is 0. The molecule has 0 amide bonds. The quantitative estimate of drug-likeness (QED) is 0.174. The van der Waals surface area contributed by atoms with Gasteiger partial charge >= 0.3 is 0 Å². The van der Waals surface area contributed by atoms with Crippen molar-refractivity contribution in [3.8, 4) is 85.1 Å². The van der Waals surface area contributed by atoms with Gasteiger partial charge in [0.05, 0.1) is 17.0 Å². The van der Waals surface area contributed by atoms with E-state index in [-0.39, 0.29) is 0 Å². The number of ether oxygens (including phenoxy) is 1. The van der Waals surface area contributed by atoms with Crippen LogP contribution in [0.15, 0.2) is 206 Å². The summed E-state index contributed by atoms with van der Waals surface area (Å²) in [4.78, 5) is 15.3. The van der Waals surface area contributed by atoms with Crippen molar-refractivity contribution in [2.24, 2.45) is 0 Å². The summed E-state index contributed by atoms with van der Waals surface area (Å²) < 4.78 is 6.70. The maximum atomic E-state index is 9.51. The lowest BCUT2D eigenvalue weighted by atomic mass is 9.66. The van der Waals surface area contributed by atoms with Crippen molar-refractivity contribution in [1.29, 1.82) is 5.26 Å². The molecule has 9 aromatic carbocycles. The summed E-state index contributed by atoms with van der Waals surface area (Å²) in [5, 5.41) is 11.8. The molecule has 62 heavy (non-hydrogen) atoms. The largest absolute Gasteiger partial charge is 0.457 e. The van der Waals surface area contributed by atoms with Crippen molar-refractivity contribution < 1.29 is 4.74 Å². The van der Waals surface area contributed by atoms with Crippen LogP contribution < -0.4 is 4.74 Å². The zero-order chi connectivity index (χ0) is 41.2. The minimum atomic E-state index is -0.674. The zero-order valence-corrected chi connectivity index (χ0v) is 33.3. The predicted molar refractivity (Wildman–Crippen MR) is 247 cm³/mol. The molecule has 0 bridgehead atoms. The number of hydrogen-bond acceptors (Lipinski definition) is 5. The van der Waals surface area contributed by atoms with Crippen molar-refractivity contribution in [3.63, 3.8) is 0 Å². The molecular weight excluding hydrogens is 757 g/mol. The molecular formula is C57H34N4O. The van der Waals surface area contributed by atoms with E-state index >= 15 is 0 Å². The Kier molecular flexibility index (Phi) is 8.06. The van der Waals surface area contributed by atoms with Crippen molar-refractivity contribution in [3.05, 3.63) is 234 Å². The molecule has 5 heteroatoms. The van der Waals surface area contributed by atoms with Gasteiger partial charge in [0.15, 0.2) is 17.5 Å². The van der Waals surface area contributed by atoms with Crippen molar-refractivity contribution in [2.45, 2.75) is 5.41 Å². The Hall–Kier alpha value is -8.46. The van der Waals surface area contributed by atoms with Crippen LogP contribution in [0.1, 0.15) is 27.8 Å². The minimum Gasteiger partial charge on any atom is -0.457 e. The van der Waals surface area contributed by atoms with E-state index in [0.717, 1.165) is 83.5 Å². The standard InChI is InChI=1S/C57H34N4O/c58-35-36-26-28-37(29-27-36)41-31-32-44(43-19-8-7-18-42(41)43)45-20-13-23-50-53(45)46-34-40(56-60-54(38-14-3-1-4-15-38)59-55(61-56)39-16-5-2-6-17-39)30-33-47(46)57(50)48-21-9-11-24-51(48)62-52-25-12-10-22-49(52)57/h1-34H. The fourth-order valence-electron chi connectivity index (χ4n) is 9.76. The molecule has 12 rings (SSSR count). The molecule has 0 fully saturated rings. The number of hydrogen-bond donors (Lipinski definition) is 0. The average Bonchev–Trinajstić information content (AvgIpc) is 3.64. The van der Waals surface area contributed by atoms with Crippen LogP contribution in [0.3, 0.4) is 0 Å². The molecule has 1 aliphatic carbocycles. The minimum absolute atomic E-state index is 0.602. The number of fused-ring (bicyclic) bond motifs is 10. The second-order valence-corrected chi connectivity index (χ2v) is 15.8. The number of para-hydroxylation sites is 2. The highest BCUT2D eigenvalue weighted by Crippen LogP contribution is 2.64. The number of aromatic nitrogens is 3. The third-order valence-corrected chi connectivity index (χ3v) is 12.5. The molecule has 0 unspecified atom stereocenters. The lowest BCUT2D eigenvalue weighted by molar-refractivity contribution is 0.436. The van der Waals surface area contributed by atoms with Crippen LogP contribution >= 0.6 is 0 Å². The van der Waals surface area contributed by atoms with Crippen LogP contribution in [0.2, 0.25) is 0 Å². The highest BCUT2D eigenvalue weighted by atomic mass is 16.5. The summed E-state index contributed by atoms with van der Waals surface area (Å²) in [6, 6.07) is 73.9. The molecule has 0 N–H and O–H groups in total. The molecule has 288 valence electrons. The summed E-state index contributed by atoms with van der Waals surface area (Å²) in [6.45, 7) is 0. The molecule has 0 atom stereocenters. The van der Waals surface area contributed by atoms with Crippen LogP contribution in [0.5, 0.6) is 11.5 Å². The van der Waals surface area contributed by atoms with E-state index in [1.807, 2.05) is 97.1 Å². The van der Waals surface area contributed by atoms with Gasteiger partial charge in [0.25, 0.3) is 0 Å². The lowest BCUT2D eigenvalue weighted by Gasteiger charge is -2.39. The fourth-order valence-corrected chi connectivity index (χ4v) is 9.76. The van der Waals surface area contributed by atoms with Gasteiger partial charge in [-0.2, -0.15) is 5.26 Å². The molecule has 0 radical (unpaired) electrons. The summed E-state index contributed by atoms with van der Waals surface area (Å²) in [5.41, 5.74) is 14.0. The van der Waals surface area contributed by atoms with E-state index in [1.54, 1.807) is 0 Å². The van der Waals surface area contributed by atoms with Gasteiger partial charge in [0, 0.05) is 27.8 Å². The van der Waals surface area contributed by atoms with Gasteiger partial charge in [0.1, 0.15) is 11.5 Å². The van der Waals surface area contributed by atoms with E-state index < -0.39 is 5.41 Å². The molecule has 0 saturated heterocycles. The Morgan fingerprint density at radius 1 is 0.371 bits per heavy atom. The number of rotatable bonds is 5. The highest BCUT2D eigenvalue weighted by Gasteiger charge is 2.51. The second-order valence-electron chi connectivity index (χ2n) is 15.8. The first kappa shape index (κ1) is 35.5. The highest BCUT2D eigenvalue weighted by molar-refractivity contribution is 6.09. The Bertz CT molecular complexity index is 3340. The van der Waals surface area contributed by atoms with Gasteiger partial charge in [-0.25, -0.2) is 15.0 Å². The Morgan fingerprint density at radius 3 is 1.52 bits per heavy atom. The van der Waals surface area contributed by atoms with Crippen LogP contribution in [0.4, 0.5) is 0 Å². The van der Waals surface area contributed by atoms with E-state index in [9.17, 15) is 5.26 Å². The van der Waals surface area contributed by atoms with Gasteiger partial charge in [-0.1, -0.05) is 176 Å². The van der Waals surface area contributed by atoms with Gasteiger partial charge in [0.2, 0.25) is 0 Å². The predicted octanol–water partition coefficient (Wildman–Crippen LogP) is 13.7. The molecule has 10 aromatic rings. The molecule has 1 spiro atoms. The van der Waals surface area contributed by atoms with Crippen LogP contribution in [-0.4, -0.2) is 15.0 Å². The van der Waals surface area contributed by atoms with Crippen LogP contribution in [0.25, 0.3) is 78.3 Å². The first-order chi connectivity index (χ1) is 30.7. The monoisotopic (exact) mass is 790 g/mol. The third-order valence-electron chi connectivity index (χ3n) is 12.5. The fraction of sp³-hybridized carbons (Fsp3) is 0.0175. The van der Waals surface area contributed by atoms with Gasteiger partial charge in [-0.15, -0.1) is 0 Å². The molecule has 1 aliphatic heterocycles. The van der Waals surface area contributed by atoms with Crippen LogP contribution in [0, 0.1) is 11.3 Å². The van der Waals surface area contributed by atoms with Gasteiger partial charge < -0.3 is 4.74 Å².